The van der Waals surface area contributed by atoms with E-state index in [-0.39, 0.29) is 23.4 Å². The van der Waals surface area contributed by atoms with Gasteiger partial charge in [0.1, 0.15) is 5.82 Å². The lowest BCUT2D eigenvalue weighted by Gasteiger charge is -2.35. The molecule has 0 spiro atoms. The predicted molar refractivity (Wildman–Crippen MR) is 138 cm³/mol. The highest BCUT2D eigenvalue weighted by atomic mass is 32.1. The van der Waals surface area contributed by atoms with Crippen molar-refractivity contribution in [1.82, 2.24) is 24.4 Å². The second-order valence-electron chi connectivity index (χ2n) is 9.06. The Labute approximate surface area is 209 Å². The quantitative estimate of drug-likeness (QED) is 0.560. The zero-order valence-electron chi connectivity index (χ0n) is 20.3. The summed E-state index contributed by atoms with van der Waals surface area (Å²) in [4.78, 5) is 48.3. The summed E-state index contributed by atoms with van der Waals surface area (Å²) in [6.45, 7) is 11.9. The zero-order valence-corrected chi connectivity index (χ0v) is 21.1. The molecule has 2 amide bonds. The number of nitrogens with zero attached hydrogens (tertiary/aromatic N) is 5. The highest BCUT2D eigenvalue weighted by Gasteiger charge is 2.24. The van der Waals surface area contributed by atoms with E-state index in [9.17, 15) is 14.4 Å². The van der Waals surface area contributed by atoms with Crippen molar-refractivity contribution in [3.05, 3.63) is 51.8 Å². The molecule has 2 N–H and O–H groups in total. The van der Waals surface area contributed by atoms with Gasteiger partial charge in [-0.05, 0) is 37.5 Å². The van der Waals surface area contributed by atoms with Gasteiger partial charge in [0.2, 0.25) is 11.8 Å². The van der Waals surface area contributed by atoms with Gasteiger partial charge in [-0.25, -0.2) is 9.66 Å². The van der Waals surface area contributed by atoms with E-state index in [2.05, 4.69) is 27.2 Å². The zero-order chi connectivity index (χ0) is 24.9. The molecule has 4 heterocycles. The first-order chi connectivity index (χ1) is 16.8. The first kappa shape index (κ1) is 24.9. The van der Waals surface area contributed by atoms with Crippen LogP contribution in [0.5, 0.6) is 0 Å². The molecule has 2 fully saturated rings. The highest BCUT2D eigenvalue weighted by molar-refractivity contribution is 7.15. The van der Waals surface area contributed by atoms with E-state index in [4.69, 9.17) is 0 Å². The van der Waals surface area contributed by atoms with Crippen LogP contribution in [0.2, 0.25) is 0 Å². The maximum Gasteiger partial charge on any atom is 0.271 e. The lowest BCUT2D eigenvalue weighted by molar-refractivity contribution is -0.130. The fourth-order valence-electron chi connectivity index (χ4n) is 4.54. The smallest absolute Gasteiger partial charge is 0.271 e. The number of likely N-dealkylation sites (tertiary alicyclic amines) is 1. The van der Waals surface area contributed by atoms with E-state index in [0.29, 0.717) is 43.7 Å². The van der Waals surface area contributed by atoms with Crippen molar-refractivity contribution in [1.29, 1.82) is 0 Å². The summed E-state index contributed by atoms with van der Waals surface area (Å²) in [6, 6.07) is 3.56. The summed E-state index contributed by atoms with van der Waals surface area (Å²) in [7, 11) is 0. The molecule has 0 aliphatic carbocycles. The Bertz CT molecular complexity index is 1140. The summed E-state index contributed by atoms with van der Waals surface area (Å²) in [5.41, 5.74) is 4.06. The van der Waals surface area contributed by atoms with E-state index in [1.165, 1.54) is 22.1 Å². The Balaban J connectivity index is 1.54. The Morgan fingerprint density at radius 3 is 2.63 bits per heavy atom. The van der Waals surface area contributed by atoms with Crippen molar-refractivity contribution in [2.24, 2.45) is 0 Å². The monoisotopic (exact) mass is 499 g/mol. The molecule has 0 aromatic carbocycles. The molecule has 2 saturated heterocycles. The van der Waals surface area contributed by atoms with Crippen LogP contribution in [0, 0.1) is 6.92 Å². The van der Waals surface area contributed by atoms with Gasteiger partial charge in [-0.1, -0.05) is 6.58 Å². The molecule has 2 aromatic rings. The molecular formula is C24H33N7O3S. The first-order valence-corrected chi connectivity index (χ1v) is 12.7. The standard InChI is InChI=1S/C24H33N7O3S/c1-4-22(33)30-7-5-6-20(16-30)27-31-21(26-24-25-14-17(2)35-24)12-19(13-23(31)34)15-28-8-10-29(11-9-28)18(3)32/h4,12-14,20,27H,1,5-11,15-16H2,2-3H3,(H,25,26)/t20-/m0/s1. The van der Waals surface area contributed by atoms with Gasteiger partial charge in [0, 0.05) is 69.9 Å². The average molecular weight is 500 g/mol. The van der Waals surface area contributed by atoms with E-state index < -0.39 is 0 Å². The third-order valence-electron chi connectivity index (χ3n) is 6.39. The minimum atomic E-state index is -0.173. The number of pyridine rings is 1. The Morgan fingerprint density at radius 1 is 1.20 bits per heavy atom. The molecule has 2 aliphatic rings. The largest absolute Gasteiger partial charge is 0.340 e. The van der Waals surface area contributed by atoms with Gasteiger partial charge in [-0.2, -0.15) is 0 Å². The normalized spacial score (nSPS) is 18.9. The van der Waals surface area contributed by atoms with Crippen LogP contribution in [0.1, 0.15) is 30.2 Å². The molecule has 0 bridgehead atoms. The number of carbonyl (C=O) groups is 2. The Kier molecular flexibility index (Phi) is 7.86. The molecule has 0 saturated carbocycles. The van der Waals surface area contributed by atoms with E-state index >= 15 is 0 Å². The SMILES string of the molecule is C=CC(=O)N1CCC[C@H](Nn2c(Nc3ncc(C)s3)cc(CN3CCN(C(C)=O)CC3)cc2=O)C1. The third-order valence-corrected chi connectivity index (χ3v) is 7.22. The van der Waals surface area contributed by atoms with Gasteiger partial charge in [-0.15, -0.1) is 11.3 Å². The van der Waals surface area contributed by atoms with Crippen LogP contribution in [0.4, 0.5) is 10.9 Å². The van der Waals surface area contributed by atoms with Crippen LogP contribution in [-0.2, 0) is 16.1 Å². The van der Waals surface area contributed by atoms with Gasteiger partial charge < -0.3 is 20.5 Å². The van der Waals surface area contributed by atoms with E-state index in [1.54, 1.807) is 24.1 Å². The van der Waals surface area contributed by atoms with Gasteiger partial charge in [-0.3, -0.25) is 19.3 Å². The number of amides is 2. The molecule has 35 heavy (non-hydrogen) atoms. The molecule has 1 atom stereocenters. The number of thiazole rings is 1. The molecule has 11 heteroatoms. The van der Waals surface area contributed by atoms with Gasteiger partial charge in [0.25, 0.3) is 5.56 Å². The molecule has 0 unspecified atom stereocenters. The number of hydrogen-bond donors (Lipinski definition) is 2. The number of anilines is 2. The van der Waals surface area contributed by atoms with Crippen molar-refractivity contribution in [3.63, 3.8) is 0 Å². The van der Waals surface area contributed by atoms with Crippen LogP contribution in [-0.4, -0.2) is 81.5 Å². The predicted octanol–water partition coefficient (Wildman–Crippen LogP) is 1.74. The molecule has 0 radical (unpaired) electrons. The Morgan fingerprint density at radius 2 is 1.97 bits per heavy atom. The average Bonchev–Trinajstić information content (AvgIpc) is 3.25. The number of nitrogens with one attached hydrogen (secondary N) is 2. The topological polar surface area (TPSA) is 103 Å². The summed E-state index contributed by atoms with van der Waals surface area (Å²) in [6.07, 6.45) is 4.83. The number of piperidine rings is 1. The molecular weight excluding hydrogens is 466 g/mol. The summed E-state index contributed by atoms with van der Waals surface area (Å²) in [5.74, 6) is 0.608. The molecule has 2 aromatic heterocycles. The lowest BCUT2D eigenvalue weighted by Crippen LogP contribution is -2.49. The molecule has 4 rings (SSSR count). The van der Waals surface area contributed by atoms with Gasteiger partial charge >= 0.3 is 0 Å². The molecule has 188 valence electrons. The summed E-state index contributed by atoms with van der Waals surface area (Å²) >= 11 is 1.52. The maximum atomic E-state index is 13.3. The summed E-state index contributed by atoms with van der Waals surface area (Å²) in [5, 5.41) is 4.01. The first-order valence-electron chi connectivity index (χ1n) is 11.9. The van der Waals surface area contributed by atoms with Crippen LogP contribution in [0.3, 0.4) is 0 Å². The van der Waals surface area contributed by atoms with Crippen molar-refractivity contribution in [2.45, 2.75) is 39.3 Å². The maximum absolute atomic E-state index is 13.3. The number of aromatic nitrogens is 2. The van der Waals surface area contributed by atoms with Crippen LogP contribution in [0.25, 0.3) is 0 Å². The number of carbonyl (C=O) groups excluding carboxylic acids is 2. The number of piperazine rings is 1. The highest BCUT2D eigenvalue weighted by Crippen LogP contribution is 2.23. The number of rotatable bonds is 7. The summed E-state index contributed by atoms with van der Waals surface area (Å²) < 4.78 is 1.53. The van der Waals surface area contributed by atoms with Crippen LogP contribution in [0.15, 0.2) is 35.8 Å². The van der Waals surface area contributed by atoms with Crippen LogP contribution < -0.4 is 16.3 Å². The second-order valence-corrected chi connectivity index (χ2v) is 10.3. The van der Waals surface area contributed by atoms with Gasteiger partial charge in [0.05, 0.1) is 6.04 Å². The minimum absolute atomic E-state index is 0.0607. The van der Waals surface area contributed by atoms with Crippen molar-refractivity contribution in [3.8, 4) is 0 Å². The Hall–Kier alpha value is -3.18. The minimum Gasteiger partial charge on any atom is -0.340 e. The number of aryl methyl sites for hydroxylation is 1. The lowest BCUT2D eigenvalue weighted by atomic mass is 10.1. The fraction of sp³-hybridized carbons (Fsp3) is 0.500. The van der Waals surface area contributed by atoms with Gasteiger partial charge in [0.15, 0.2) is 5.13 Å². The number of hydrogen-bond acceptors (Lipinski definition) is 8. The van der Waals surface area contributed by atoms with E-state index in [1.807, 2.05) is 17.9 Å². The van der Waals surface area contributed by atoms with Crippen molar-refractivity contribution in [2.75, 3.05) is 50.0 Å². The third kappa shape index (κ3) is 6.29. The van der Waals surface area contributed by atoms with Crippen molar-refractivity contribution < 1.29 is 9.59 Å². The molecule has 2 aliphatic heterocycles. The molecule has 10 nitrogen and oxygen atoms in total. The second kappa shape index (κ2) is 11.0. The van der Waals surface area contributed by atoms with Crippen LogP contribution >= 0.6 is 11.3 Å². The van der Waals surface area contributed by atoms with Crippen molar-refractivity contribution >= 4 is 34.1 Å². The fourth-order valence-corrected chi connectivity index (χ4v) is 5.21. The van der Waals surface area contributed by atoms with E-state index in [0.717, 1.165) is 36.4 Å².